The third-order valence-corrected chi connectivity index (χ3v) is 2.11. The Kier molecular flexibility index (Phi) is 4.86. The predicted molar refractivity (Wildman–Crippen MR) is 65.5 cm³/mol. The van der Waals surface area contributed by atoms with Gasteiger partial charge in [0, 0.05) is 0 Å². The van der Waals surface area contributed by atoms with Gasteiger partial charge in [-0.25, -0.2) is 0 Å². The molecule has 92 valence electrons. The van der Waals surface area contributed by atoms with Crippen molar-refractivity contribution < 1.29 is 4.74 Å². The molecule has 1 aromatic carbocycles. The van der Waals surface area contributed by atoms with Gasteiger partial charge in [-0.3, -0.25) is 0 Å². The van der Waals surface area contributed by atoms with Crippen LogP contribution in [0.5, 0.6) is 5.75 Å². The summed E-state index contributed by atoms with van der Waals surface area (Å²) in [6.07, 6.45) is 0. The summed E-state index contributed by atoms with van der Waals surface area (Å²) in [5.41, 5.74) is 6.39. The Morgan fingerprint density at radius 3 is 2.59 bits per heavy atom. The monoisotopic (exact) mass is 255 g/mol. The molecule has 0 aliphatic rings. The second-order valence-corrected chi connectivity index (χ2v) is 3.14. The molecule has 7 heteroatoms. The lowest BCUT2D eigenvalue weighted by Gasteiger charge is -2.05. The van der Waals surface area contributed by atoms with Crippen molar-refractivity contribution in [3.8, 4) is 11.4 Å². The lowest BCUT2D eigenvalue weighted by Crippen LogP contribution is -2.07. The molecule has 1 aromatic heterocycles. The number of nitrogens with two attached hydrogens (primary N) is 1. The molecular weight excluding hydrogens is 242 g/mol. The molecule has 0 atom stereocenters. The highest BCUT2D eigenvalue weighted by atomic mass is 35.5. The zero-order valence-corrected chi connectivity index (χ0v) is 10.2. The van der Waals surface area contributed by atoms with Gasteiger partial charge >= 0.3 is 0 Å². The normalized spacial score (nSPS) is 9.76. The summed E-state index contributed by atoms with van der Waals surface area (Å²) in [5, 5.41) is 11.3. The van der Waals surface area contributed by atoms with Crippen LogP contribution < -0.4 is 10.5 Å². The number of benzene rings is 1. The van der Waals surface area contributed by atoms with Crippen LogP contribution >= 0.6 is 12.4 Å². The lowest BCUT2D eigenvalue weighted by molar-refractivity contribution is 0.340. The van der Waals surface area contributed by atoms with Crippen molar-refractivity contribution in [3.05, 3.63) is 30.1 Å². The Morgan fingerprint density at radius 2 is 2.00 bits per heavy atom. The highest BCUT2D eigenvalue weighted by Crippen LogP contribution is 2.15. The fourth-order valence-corrected chi connectivity index (χ4v) is 1.38. The maximum atomic E-state index is 5.52. The number of nitrogens with zero attached hydrogens (tertiary/aromatic N) is 4. The van der Waals surface area contributed by atoms with Gasteiger partial charge in [0.15, 0.2) is 5.82 Å². The van der Waals surface area contributed by atoms with Gasteiger partial charge < -0.3 is 10.5 Å². The van der Waals surface area contributed by atoms with E-state index in [1.807, 2.05) is 31.2 Å². The van der Waals surface area contributed by atoms with E-state index in [1.165, 1.54) is 0 Å². The van der Waals surface area contributed by atoms with E-state index in [0.29, 0.717) is 19.0 Å². The average molecular weight is 256 g/mol. The molecule has 0 bridgehead atoms. The maximum absolute atomic E-state index is 5.52. The average Bonchev–Trinajstić information content (AvgIpc) is 2.78. The number of rotatable bonds is 4. The second kappa shape index (κ2) is 6.17. The van der Waals surface area contributed by atoms with E-state index in [1.54, 1.807) is 4.68 Å². The minimum absolute atomic E-state index is 0. The maximum Gasteiger partial charge on any atom is 0.170 e. The van der Waals surface area contributed by atoms with Crippen LogP contribution in [0.2, 0.25) is 0 Å². The first-order chi connectivity index (χ1) is 7.85. The van der Waals surface area contributed by atoms with Gasteiger partial charge in [0.05, 0.1) is 18.8 Å². The first-order valence-electron chi connectivity index (χ1n) is 5.05. The summed E-state index contributed by atoms with van der Waals surface area (Å²) in [7, 11) is 0. The van der Waals surface area contributed by atoms with Crippen molar-refractivity contribution in [2.24, 2.45) is 5.73 Å². The third kappa shape index (κ3) is 2.92. The van der Waals surface area contributed by atoms with Gasteiger partial charge in [-0.05, 0) is 41.6 Å². The Morgan fingerprint density at radius 1 is 1.29 bits per heavy atom. The molecule has 1 heterocycles. The fraction of sp³-hybridized carbons (Fsp3) is 0.300. The van der Waals surface area contributed by atoms with Crippen LogP contribution in [0.25, 0.3) is 5.69 Å². The van der Waals surface area contributed by atoms with Crippen molar-refractivity contribution in [2.45, 2.75) is 13.5 Å². The lowest BCUT2D eigenvalue weighted by atomic mass is 10.3. The topological polar surface area (TPSA) is 78.8 Å². The predicted octanol–water partition coefficient (Wildman–Crippen LogP) is 0.941. The molecule has 0 fully saturated rings. The number of hydrogen-bond donors (Lipinski definition) is 1. The van der Waals surface area contributed by atoms with Crippen molar-refractivity contribution in [1.82, 2.24) is 20.2 Å². The standard InChI is InChI=1S/C10H13N5O.ClH/c1-2-16-9-5-3-8(4-6-9)15-10(7-11)12-13-14-15;/h3-6H,2,7,11H2,1H3;1H. The van der Waals surface area contributed by atoms with Gasteiger partial charge in [-0.1, -0.05) is 0 Å². The van der Waals surface area contributed by atoms with Gasteiger partial charge in [0.2, 0.25) is 0 Å². The number of tetrazole rings is 1. The Hall–Kier alpha value is -1.66. The van der Waals surface area contributed by atoms with E-state index in [2.05, 4.69) is 15.5 Å². The van der Waals surface area contributed by atoms with Gasteiger partial charge in [-0.2, -0.15) is 4.68 Å². The molecule has 2 N–H and O–H groups in total. The van der Waals surface area contributed by atoms with Crippen molar-refractivity contribution in [1.29, 1.82) is 0 Å². The molecule has 0 amide bonds. The third-order valence-electron chi connectivity index (χ3n) is 2.11. The van der Waals surface area contributed by atoms with Crippen LogP contribution in [-0.2, 0) is 6.54 Å². The zero-order chi connectivity index (χ0) is 11.4. The molecule has 0 radical (unpaired) electrons. The first kappa shape index (κ1) is 13.4. The highest BCUT2D eigenvalue weighted by molar-refractivity contribution is 5.85. The molecule has 0 unspecified atom stereocenters. The van der Waals surface area contributed by atoms with E-state index < -0.39 is 0 Å². The van der Waals surface area contributed by atoms with Crippen molar-refractivity contribution in [2.75, 3.05) is 6.61 Å². The van der Waals surface area contributed by atoms with Crippen LogP contribution in [-0.4, -0.2) is 26.8 Å². The Balaban J connectivity index is 0.00000144. The van der Waals surface area contributed by atoms with Crippen LogP contribution in [0.4, 0.5) is 0 Å². The first-order valence-corrected chi connectivity index (χ1v) is 5.05. The summed E-state index contributed by atoms with van der Waals surface area (Å²) in [6.45, 7) is 2.90. The molecular formula is C10H14ClN5O. The van der Waals surface area contributed by atoms with Crippen LogP contribution in [0.1, 0.15) is 12.7 Å². The quantitative estimate of drug-likeness (QED) is 0.880. The molecule has 6 nitrogen and oxygen atoms in total. The summed E-state index contributed by atoms with van der Waals surface area (Å²) >= 11 is 0. The van der Waals surface area contributed by atoms with Crippen molar-refractivity contribution >= 4 is 12.4 Å². The molecule has 2 rings (SSSR count). The molecule has 2 aromatic rings. The van der Waals surface area contributed by atoms with Gasteiger partial charge in [-0.15, -0.1) is 17.5 Å². The highest BCUT2D eigenvalue weighted by Gasteiger charge is 2.05. The molecule has 0 spiro atoms. The molecule has 0 aliphatic heterocycles. The minimum Gasteiger partial charge on any atom is -0.494 e. The zero-order valence-electron chi connectivity index (χ0n) is 9.41. The summed E-state index contributed by atoms with van der Waals surface area (Å²) < 4.78 is 6.96. The Bertz CT molecular complexity index is 456. The molecule has 0 saturated heterocycles. The van der Waals surface area contributed by atoms with Crippen molar-refractivity contribution in [3.63, 3.8) is 0 Å². The largest absolute Gasteiger partial charge is 0.494 e. The van der Waals surface area contributed by atoms with E-state index in [0.717, 1.165) is 11.4 Å². The van der Waals surface area contributed by atoms with Crippen LogP contribution in [0.15, 0.2) is 24.3 Å². The number of ether oxygens (including phenoxy) is 1. The molecule has 0 aliphatic carbocycles. The number of hydrogen-bond acceptors (Lipinski definition) is 5. The summed E-state index contributed by atoms with van der Waals surface area (Å²) in [4.78, 5) is 0. The van der Waals surface area contributed by atoms with E-state index in [9.17, 15) is 0 Å². The minimum atomic E-state index is 0. The van der Waals surface area contributed by atoms with E-state index in [4.69, 9.17) is 10.5 Å². The molecule has 17 heavy (non-hydrogen) atoms. The smallest absolute Gasteiger partial charge is 0.170 e. The summed E-state index contributed by atoms with van der Waals surface area (Å²) in [6, 6.07) is 7.53. The van der Waals surface area contributed by atoms with Crippen LogP contribution in [0.3, 0.4) is 0 Å². The van der Waals surface area contributed by atoms with E-state index >= 15 is 0 Å². The Labute approximate surface area is 105 Å². The van der Waals surface area contributed by atoms with Crippen LogP contribution in [0, 0.1) is 0 Å². The number of halogens is 1. The van der Waals surface area contributed by atoms with E-state index in [-0.39, 0.29) is 12.4 Å². The fourth-order valence-electron chi connectivity index (χ4n) is 1.38. The SMILES string of the molecule is CCOc1ccc(-n2nnnc2CN)cc1.Cl. The number of aromatic nitrogens is 4. The second-order valence-electron chi connectivity index (χ2n) is 3.14. The molecule has 0 saturated carbocycles. The summed E-state index contributed by atoms with van der Waals surface area (Å²) in [5.74, 6) is 1.46. The van der Waals surface area contributed by atoms with Gasteiger partial charge in [0.1, 0.15) is 5.75 Å². The van der Waals surface area contributed by atoms with Gasteiger partial charge in [0.25, 0.3) is 0 Å².